The SMILES string of the molecule is O=C(O)N1CCC(c2cc(=O)n3nc4cc(F)ccc4c3[nH]2)CC1. The van der Waals surface area contributed by atoms with Crippen LogP contribution in [0, 0.1) is 5.82 Å². The van der Waals surface area contributed by atoms with Crippen LogP contribution in [0.15, 0.2) is 29.1 Å². The molecular formula is C16H15FN4O3. The molecule has 24 heavy (non-hydrogen) atoms. The molecule has 0 atom stereocenters. The van der Waals surface area contributed by atoms with E-state index in [-0.39, 0.29) is 11.5 Å². The largest absolute Gasteiger partial charge is 0.465 e. The van der Waals surface area contributed by atoms with Gasteiger partial charge < -0.3 is 15.0 Å². The van der Waals surface area contributed by atoms with Crippen molar-refractivity contribution in [1.29, 1.82) is 0 Å². The van der Waals surface area contributed by atoms with E-state index in [9.17, 15) is 14.0 Å². The van der Waals surface area contributed by atoms with Gasteiger partial charge in [-0.15, -0.1) is 0 Å². The van der Waals surface area contributed by atoms with Crippen molar-refractivity contribution in [3.05, 3.63) is 46.1 Å². The topological polar surface area (TPSA) is 90.7 Å². The van der Waals surface area contributed by atoms with Gasteiger partial charge in [0.1, 0.15) is 11.5 Å². The molecule has 0 bridgehead atoms. The summed E-state index contributed by atoms with van der Waals surface area (Å²) in [5.74, 6) is -0.316. The number of aromatic amines is 1. The molecule has 0 saturated carbocycles. The number of nitrogens with zero attached hydrogens (tertiary/aromatic N) is 3. The Kier molecular flexibility index (Phi) is 3.26. The van der Waals surface area contributed by atoms with Crippen molar-refractivity contribution in [2.45, 2.75) is 18.8 Å². The molecule has 1 fully saturated rings. The van der Waals surface area contributed by atoms with Crippen molar-refractivity contribution in [2.24, 2.45) is 0 Å². The predicted octanol–water partition coefficient (Wildman–Crippen LogP) is 2.17. The first-order valence-electron chi connectivity index (χ1n) is 7.72. The molecule has 1 saturated heterocycles. The number of likely N-dealkylation sites (tertiary alicyclic amines) is 1. The number of benzene rings is 1. The lowest BCUT2D eigenvalue weighted by molar-refractivity contribution is 0.131. The molecule has 0 aliphatic carbocycles. The van der Waals surface area contributed by atoms with Crippen LogP contribution in [-0.4, -0.2) is 43.8 Å². The van der Waals surface area contributed by atoms with E-state index in [1.807, 2.05) is 0 Å². The summed E-state index contributed by atoms with van der Waals surface area (Å²) in [6.45, 7) is 0.886. The highest BCUT2D eigenvalue weighted by Crippen LogP contribution is 2.27. The third kappa shape index (κ3) is 2.31. The van der Waals surface area contributed by atoms with Gasteiger partial charge in [-0.3, -0.25) is 4.79 Å². The van der Waals surface area contributed by atoms with Crippen LogP contribution in [0.5, 0.6) is 0 Å². The third-order valence-corrected chi connectivity index (χ3v) is 4.59. The molecule has 1 amide bonds. The Hall–Kier alpha value is -2.90. The molecule has 2 N–H and O–H groups in total. The fourth-order valence-electron chi connectivity index (χ4n) is 3.31. The van der Waals surface area contributed by atoms with Crippen molar-refractivity contribution in [3.63, 3.8) is 0 Å². The number of piperidine rings is 1. The first-order valence-corrected chi connectivity index (χ1v) is 7.72. The van der Waals surface area contributed by atoms with Crippen LogP contribution in [-0.2, 0) is 0 Å². The number of carboxylic acid groups (broad SMARTS) is 1. The summed E-state index contributed by atoms with van der Waals surface area (Å²) >= 11 is 0. The summed E-state index contributed by atoms with van der Waals surface area (Å²) in [6, 6.07) is 5.72. The highest BCUT2D eigenvalue weighted by Gasteiger charge is 2.24. The van der Waals surface area contributed by atoms with Gasteiger partial charge in [0.15, 0.2) is 0 Å². The highest BCUT2D eigenvalue weighted by molar-refractivity contribution is 5.91. The summed E-state index contributed by atoms with van der Waals surface area (Å²) in [7, 11) is 0. The molecular weight excluding hydrogens is 315 g/mol. The lowest BCUT2D eigenvalue weighted by Gasteiger charge is -2.29. The van der Waals surface area contributed by atoms with Gasteiger partial charge in [-0.05, 0) is 25.0 Å². The van der Waals surface area contributed by atoms with Gasteiger partial charge in [0, 0.05) is 42.2 Å². The molecule has 4 rings (SSSR count). The summed E-state index contributed by atoms with van der Waals surface area (Å²) in [5, 5.41) is 13.8. The van der Waals surface area contributed by atoms with Crippen molar-refractivity contribution in [3.8, 4) is 0 Å². The molecule has 0 unspecified atom stereocenters. The highest BCUT2D eigenvalue weighted by atomic mass is 19.1. The first kappa shape index (κ1) is 14.7. The number of amides is 1. The van der Waals surface area contributed by atoms with E-state index in [1.165, 1.54) is 27.6 Å². The van der Waals surface area contributed by atoms with Gasteiger partial charge in [0.25, 0.3) is 5.56 Å². The van der Waals surface area contributed by atoms with Crippen LogP contribution in [0.2, 0.25) is 0 Å². The Balaban J connectivity index is 1.76. The zero-order chi connectivity index (χ0) is 16.8. The fraction of sp³-hybridized carbons (Fsp3) is 0.312. The van der Waals surface area contributed by atoms with E-state index in [4.69, 9.17) is 5.11 Å². The summed E-state index contributed by atoms with van der Waals surface area (Å²) < 4.78 is 14.6. The monoisotopic (exact) mass is 330 g/mol. The maximum atomic E-state index is 13.3. The van der Waals surface area contributed by atoms with Crippen LogP contribution in [0.3, 0.4) is 0 Å². The molecule has 1 aliphatic heterocycles. The van der Waals surface area contributed by atoms with Gasteiger partial charge in [0.05, 0.1) is 5.52 Å². The smallest absolute Gasteiger partial charge is 0.407 e. The number of halogens is 1. The summed E-state index contributed by atoms with van der Waals surface area (Å²) in [5.41, 5.74) is 1.44. The Morgan fingerprint density at radius 1 is 1.29 bits per heavy atom. The second-order valence-electron chi connectivity index (χ2n) is 6.03. The van der Waals surface area contributed by atoms with Crippen molar-refractivity contribution < 1.29 is 14.3 Å². The standard InChI is InChI=1S/C16H15FN4O3/c17-10-1-2-11-13(7-10)19-21-14(22)8-12(18-15(11)21)9-3-5-20(6-4-9)16(23)24/h1-2,7-9,18H,3-6H2,(H,23,24). The molecule has 0 spiro atoms. The van der Waals surface area contributed by atoms with Gasteiger partial charge >= 0.3 is 6.09 Å². The van der Waals surface area contributed by atoms with E-state index in [0.717, 1.165) is 5.69 Å². The lowest BCUT2D eigenvalue weighted by atomic mass is 9.93. The molecule has 1 aromatic carbocycles. The average molecular weight is 330 g/mol. The molecule has 1 aliphatic rings. The van der Waals surface area contributed by atoms with Crippen LogP contribution in [0.25, 0.3) is 16.6 Å². The number of H-pyrrole nitrogens is 1. The predicted molar refractivity (Wildman–Crippen MR) is 84.8 cm³/mol. The third-order valence-electron chi connectivity index (χ3n) is 4.59. The second-order valence-corrected chi connectivity index (χ2v) is 6.03. The van der Waals surface area contributed by atoms with Crippen molar-refractivity contribution >= 4 is 22.6 Å². The second kappa shape index (κ2) is 5.33. The number of rotatable bonds is 1. The molecule has 3 heterocycles. The molecule has 7 nitrogen and oxygen atoms in total. The Morgan fingerprint density at radius 3 is 2.75 bits per heavy atom. The number of hydrogen-bond donors (Lipinski definition) is 2. The summed E-state index contributed by atoms with van der Waals surface area (Å²) in [6.07, 6.45) is 0.388. The number of aromatic nitrogens is 3. The summed E-state index contributed by atoms with van der Waals surface area (Å²) in [4.78, 5) is 28.0. The van der Waals surface area contributed by atoms with Crippen LogP contribution >= 0.6 is 0 Å². The number of hydrogen-bond acceptors (Lipinski definition) is 3. The van der Waals surface area contributed by atoms with E-state index < -0.39 is 11.9 Å². The maximum Gasteiger partial charge on any atom is 0.407 e. The number of nitrogens with one attached hydrogen (secondary N) is 1. The normalized spacial score (nSPS) is 16.1. The van der Waals surface area contributed by atoms with Gasteiger partial charge in [-0.25, -0.2) is 9.18 Å². The minimum absolute atomic E-state index is 0.0868. The van der Waals surface area contributed by atoms with E-state index in [0.29, 0.717) is 42.5 Å². The van der Waals surface area contributed by atoms with Crippen LogP contribution < -0.4 is 5.56 Å². The van der Waals surface area contributed by atoms with Gasteiger partial charge in [-0.1, -0.05) is 0 Å². The van der Waals surface area contributed by atoms with E-state index in [2.05, 4.69) is 10.1 Å². The first-order chi connectivity index (χ1) is 11.5. The number of fused-ring (bicyclic) bond motifs is 3. The Morgan fingerprint density at radius 2 is 2.04 bits per heavy atom. The molecule has 3 aromatic rings. The minimum Gasteiger partial charge on any atom is -0.465 e. The van der Waals surface area contributed by atoms with Crippen LogP contribution in [0.4, 0.5) is 9.18 Å². The zero-order valence-corrected chi connectivity index (χ0v) is 12.7. The molecule has 8 heteroatoms. The number of carbonyl (C=O) groups is 1. The van der Waals surface area contributed by atoms with Gasteiger partial charge in [-0.2, -0.15) is 9.61 Å². The molecule has 124 valence electrons. The quantitative estimate of drug-likeness (QED) is 0.715. The maximum absolute atomic E-state index is 13.3. The lowest BCUT2D eigenvalue weighted by Crippen LogP contribution is -2.37. The van der Waals surface area contributed by atoms with Gasteiger partial charge in [0.2, 0.25) is 0 Å². The zero-order valence-electron chi connectivity index (χ0n) is 12.7. The van der Waals surface area contributed by atoms with E-state index >= 15 is 0 Å². The minimum atomic E-state index is -0.916. The van der Waals surface area contributed by atoms with Crippen molar-refractivity contribution in [1.82, 2.24) is 19.5 Å². The van der Waals surface area contributed by atoms with Crippen molar-refractivity contribution in [2.75, 3.05) is 13.1 Å². The van der Waals surface area contributed by atoms with Crippen LogP contribution in [0.1, 0.15) is 24.5 Å². The fourth-order valence-corrected chi connectivity index (χ4v) is 3.31. The Bertz CT molecular complexity index is 1000. The Labute approximate surface area is 135 Å². The van der Waals surface area contributed by atoms with E-state index in [1.54, 1.807) is 6.07 Å². The molecule has 0 radical (unpaired) electrons. The molecule has 2 aromatic heterocycles. The average Bonchev–Trinajstić information content (AvgIpc) is 2.93.